The summed E-state index contributed by atoms with van der Waals surface area (Å²) >= 11 is 3.47. The smallest absolute Gasteiger partial charge is 0.210 e. The van der Waals surface area contributed by atoms with Gasteiger partial charge >= 0.3 is 0 Å². The van der Waals surface area contributed by atoms with Crippen LogP contribution < -0.4 is 4.72 Å². The molecular weight excluding hydrogens is 326 g/mol. The fourth-order valence-corrected chi connectivity index (χ4v) is 3.74. The summed E-state index contributed by atoms with van der Waals surface area (Å²) in [6.07, 6.45) is 4.03. The number of nitrogens with one attached hydrogen (secondary N) is 1. The molecule has 1 aromatic rings. The van der Waals surface area contributed by atoms with Crippen molar-refractivity contribution in [2.75, 3.05) is 6.54 Å². The van der Waals surface area contributed by atoms with E-state index >= 15 is 0 Å². The topological polar surface area (TPSA) is 46.2 Å². The van der Waals surface area contributed by atoms with Gasteiger partial charge in [-0.25, -0.2) is 13.1 Å². The molecule has 0 heterocycles. The van der Waals surface area contributed by atoms with Gasteiger partial charge in [0.1, 0.15) is 0 Å². The Morgan fingerprint density at radius 1 is 1.16 bits per heavy atom. The Hall–Kier alpha value is -0.390. The van der Waals surface area contributed by atoms with E-state index in [4.69, 9.17) is 0 Å². The molecule has 0 saturated carbocycles. The molecule has 1 unspecified atom stereocenters. The fraction of sp³-hybridized carbons (Fsp3) is 0.571. The van der Waals surface area contributed by atoms with Gasteiger partial charge in [0, 0.05) is 11.4 Å². The number of alkyl halides is 1. The summed E-state index contributed by atoms with van der Waals surface area (Å²) in [5.74, 6) is 0. The number of sulfonamides is 1. The van der Waals surface area contributed by atoms with Crippen molar-refractivity contribution in [3.05, 3.63) is 29.8 Å². The van der Waals surface area contributed by atoms with Gasteiger partial charge < -0.3 is 0 Å². The highest BCUT2D eigenvalue weighted by Crippen LogP contribution is 2.13. The molecule has 0 aromatic heterocycles. The van der Waals surface area contributed by atoms with Gasteiger partial charge in [0.15, 0.2) is 0 Å². The molecule has 0 aliphatic carbocycles. The Kier molecular flexibility index (Phi) is 7.04. The Balaban J connectivity index is 2.66. The van der Waals surface area contributed by atoms with Crippen LogP contribution in [0.25, 0.3) is 0 Å². The maximum Gasteiger partial charge on any atom is 0.240 e. The number of aryl methyl sites for hydroxylation is 1. The van der Waals surface area contributed by atoms with Crippen molar-refractivity contribution in [2.45, 2.75) is 49.3 Å². The summed E-state index contributed by atoms with van der Waals surface area (Å²) in [6.45, 7) is 4.61. The molecule has 0 spiro atoms. The molecule has 0 fully saturated rings. The van der Waals surface area contributed by atoms with Crippen LogP contribution in [-0.4, -0.2) is 19.8 Å². The van der Waals surface area contributed by atoms with Crippen molar-refractivity contribution in [3.63, 3.8) is 0 Å². The monoisotopic (exact) mass is 347 g/mol. The van der Waals surface area contributed by atoms with Gasteiger partial charge in [-0.1, -0.05) is 54.8 Å². The van der Waals surface area contributed by atoms with Gasteiger partial charge in [0.25, 0.3) is 0 Å². The van der Waals surface area contributed by atoms with E-state index in [9.17, 15) is 8.42 Å². The van der Waals surface area contributed by atoms with Crippen molar-refractivity contribution in [3.8, 4) is 0 Å². The minimum Gasteiger partial charge on any atom is -0.210 e. The zero-order chi connectivity index (χ0) is 14.3. The van der Waals surface area contributed by atoms with Crippen LogP contribution in [-0.2, 0) is 16.4 Å². The Morgan fingerprint density at radius 2 is 1.79 bits per heavy atom. The molecule has 0 bridgehead atoms. The average Bonchev–Trinajstić information content (AvgIpc) is 2.38. The highest BCUT2D eigenvalue weighted by Gasteiger charge is 2.15. The molecule has 5 heteroatoms. The summed E-state index contributed by atoms with van der Waals surface area (Å²) in [5, 5.41) is 0. The zero-order valence-corrected chi connectivity index (χ0v) is 13.9. The van der Waals surface area contributed by atoms with Crippen LogP contribution in [0.15, 0.2) is 29.2 Å². The van der Waals surface area contributed by atoms with Gasteiger partial charge in [0.2, 0.25) is 10.0 Å². The molecule has 0 radical (unpaired) electrons. The lowest BCUT2D eigenvalue weighted by Gasteiger charge is -2.11. The standard InChI is InChI=1S/C14H22BrNO2S/c1-3-5-12-7-9-14(10-8-12)19(17,18)16-11-13(15)6-4-2/h7-10,13,16H,3-6,11H2,1-2H3. The number of rotatable bonds is 8. The molecular formula is C14H22BrNO2S. The van der Waals surface area contributed by atoms with Crippen molar-refractivity contribution in [1.29, 1.82) is 0 Å². The van der Waals surface area contributed by atoms with Gasteiger partial charge in [-0.2, -0.15) is 0 Å². The van der Waals surface area contributed by atoms with E-state index in [2.05, 4.69) is 34.5 Å². The van der Waals surface area contributed by atoms with Gasteiger partial charge in [-0.05, 0) is 30.5 Å². The van der Waals surface area contributed by atoms with Crippen LogP contribution in [0.3, 0.4) is 0 Å². The van der Waals surface area contributed by atoms with Crippen LogP contribution in [0.4, 0.5) is 0 Å². The molecule has 0 aliphatic rings. The summed E-state index contributed by atoms with van der Waals surface area (Å²) in [7, 11) is -3.39. The summed E-state index contributed by atoms with van der Waals surface area (Å²) in [4.78, 5) is 0.523. The van der Waals surface area contributed by atoms with Gasteiger partial charge in [-0.3, -0.25) is 0 Å². The zero-order valence-electron chi connectivity index (χ0n) is 11.5. The lowest BCUT2D eigenvalue weighted by molar-refractivity contribution is 0.578. The molecule has 1 atom stereocenters. The Bertz CT molecular complexity index is 471. The number of benzene rings is 1. The minimum atomic E-state index is -3.39. The molecule has 0 saturated heterocycles. The average molecular weight is 348 g/mol. The van der Waals surface area contributed by atoms with Crippen molar-refractivity contribution >= 4 is 26.0 Å². The number of halogens is 1. The molecule has 1 aromatic carbocycles. The predicted octanol–water partition coefficient (Wildman–Crippen LogP) is 3.48. The fourth-order valence-electron chi connectivity index (χ4n) is 1.82. The Morgan fingerprint density at radius 3 is 2.32 bits per heavy atom. The first-order valence-electron chi connectivity index (χ1n) is 6.72. The van der Waals surface area contributed by atoms with Crippen molar-refractivity contribution in [2.24, 2.45) is 0 Å². The van der Waals surface area contributed by atoms with E-state index in [0.717, 1.165) is 25.7 Å². The highest BCUT2D eigenvalue weighted by molar-refractivity contribution is 9.09. The van der Waals surface area contributed by atoms with Gasteiger partial charge in [-0.15, -0.1) is 0 Å². The number of hydrogen-bond acceptors (Lipinski definition) is 2. The SMILES string of the molecule is CCCc1ccc(S(=O)(=O)NCC(Br)CCC)cc1. The van der Waals surface area contributed by atoms with Gasteiger partial charge in [0.05, 0.1) is 4.90 Å². The number of hydrogen-bond donors (Lipinski definition) is 1. The molecule has 1 N–H and O–H groups in total. The third-order valence-electron chi connectivity index (χ3n) is 2.87. The van der Waals surface area contributed by atoms with Crippen LogP contribution in [0.2, 0.25) is 0 Å². The molecule has 3 nitrogen and oxygen atoms in total. The van der Waals surface area contributed by atoms with Crippen molar-refractivity contribution < 1.29 is 8.42 Å². The summed E-state index contributed by atoms with van der Waals surface area (Å²) < 4.78 is 26.8. The molecule has 0 aliphatic heterocycles. The van der Waals surface area contributed by atoms with E-state index < -0.39 is 10.0 Å². The largest absolute Gasteiger partial charge is 0.240 e. The minimum absolute atomic E-state index is 0.187. The maximum absolute atomic E-state index is 12.1. The van der Waals surface area contributed by atoms with E-state index in [1.807, 2.05) is 12.1 Å². The lowest BCUT2D eigenvalue weighted by Crippen LogP contribution is -2.29. The Labute approximate surface area is 125 Å². The summed E-state index contributed by atoms with van der Waals surface area (Å²) in [5.41, 5.74) is 1.17. The normalized spacial score (nSPS) is 13.4. The molecule has 108 valence electrons. The maximum atomic E-state index is 12.1. The second-order valence-electron chi connectivity index (χ2n) is 4.63. The first kappa shape index (κ1) is 16.7. The molecule has 1 rings (SSSR count). The van der Waals surface area contributed by atoms with Crippen LogP contribution in [0, 0.1) is 0 Å². The van der Waals surface area contributed by atoms with E-state index in [0.29, 0.717) is 11.4 Å². The summed E-state index contributed by atoms with van der Waals surface area (Å²) in [6, 6.07) is 7.12. The van der Waals surface area contributed by atoms with E-state index in [-0.39, 0.29) is 4.83 Å². The third-order valence-corrected chi connectivity index (χ3v) is 5.09. The first-order valence-corrected chi connectivity index (χ1v) is 9.12. The van der Waals surface area contributed by atoms with E-state index in [1.54, 1.807) is 12.1 Å². The lowest BCUT2D eigenvalue weighted by atomic mass is 10.1. The first-order chi connectivity index (χ1) is 8.99. The van der Waals surface area contributed by atoms with E-state index in [1.165, 1.54) is 5.56 Å². The highest BCUT2D eigenvalue weighted by atomic mass is 79.9. The molecule has 0 amide bonds. The van der Waals surface area contributed by atoms with Crippen LogP contribution in [0.1, 0.15) is 38.7 Å². The second-order valence-corrected chi connectivity index (χ2v) is 7.69. The quantitative estimate of drug-likeness (QED) is 0.731. The third kappa shape index (κ3) is 5.63. The predicted molar refractivity (Wildman–Crippen MR) is 83.2 cm³/mol. The van der Waals surface area contributed by atoms with Crippen LogP contribution in [0.5, 0.6) is 0 Å². The van der Waals surface area contributed by atoms with Crippen molar-refractivity contribution in [1.82, 2.24) is 4.72 Å². The molecule has 19 heavy (non-hydrogen) atoms. The van der Waals surface area contributed by atoms with Crippen LogP contribution >= 0.6 is 15.9 Å². The second kappa shape index (κ2) is 8.02.